The fourth-order valence-electron chi connectivity index (χ4n) is 2.80. The maximum Gasteiger partial charge on any atom is 0.338 e. The summed E-state index contributed by atoms with van der Waals surface area (Å²) in [6, 6.07) is 20.7. The number of rotatable bonds is 10. The van der Waals surface area contributed by atoms with Gasteiger partial charge in [0.15, 0.2) is 0 Å². The second-order valence-electron chi connectivity index (χ2n) is 7.25. The number of halogens is 1. The molecule has 0 N–H and O–H groups in total. The molecule has 170 valence electrons. The summed E-state index contributed by atoms with van der Waals surface area (Å²) in [5.74, 6) is 0.148. The molecule has 3 rings (SSSR count). The van der Waals surface area contributed by atoms with Crippen LogP contribution in [0.25, 0.3) is 6.08 Å². The third kappa shape index (κ3) is 8.13. The van der Waals surface area contributed by atoms with Crippen molar-refractivity contribution in [3.05, 3.63) is 101 Å². The van der Waals surface area contributed by atoms with E-state index in [2.05, 4.69) is 6.92 Å². The quantitative estimate of drug-likeness (QED) is 0.148. The Morgan fingerprint density at radius 1 is 0.879 bits per heavy atom. The van der Waals surface area contributed by atoms with E-state index in [1.807, 2.05) is 24.3 Å². The first-order chi connectivity index (χ1) is 16.0. The number of hydrogen-bond acceptors (Lipinski definition) is 5. The van der Waals surface area contributed by atoms with E-state index in [0.717, 1.165) is 29.7 Å². The van der Waals surface area contributed by atoms with Crippen LogP contribution in [-0.2, 0) is 16.1 Å². The first-order valence-electron chi connectivity index (χ1n) is 10.7. The molecule has 3 aromatic rings. The lowest BCUT2D eigenvalue weighted by molar-refractivity contribution is -0.128. The van der Waals surface area contributed by atoms with Crippen LogP contribution < -0.4 is 9.47 Å². The van der Waals surface area contributed by atoms with E-state index < -0.39 is 11.9 Å². The summed E-state index contributed by atoms with van der Waals surface area (Å²) in [4.78, 5) is 24.3. The SMILES string of the molecule is CCCCOc1ccc(/C=C/C(=O)Oc2ccc(C(=O)OCc3ccc(Cl)cc3)cc2)cc1. The van der Waals surface area contributed by atoms with Gasteiger partial charge in [-0.15, -0.1) is 0 Å². The number of hydrogen-bond donors (Lipinski definition) is 0. The van der Waals surface area contributed by atoms with Gasteiger partial charge >= 0.3 is 11.9 Å². The molecule has 0 heterocycles. The monoisotopic (exact) mass is 464 g/mol. The minimum atomic E-state index is -0.517. The molecule has 0 atom stereocenters. The Balaban J connectivity index is 1.47. The standard InChI is InChI=1S/C27H25ClO5/c1-2-3-18-31-24-13-6-20(7-14-24)8-17-26(29)33-25-15-9-22(10-16-25)27(30)32-19-21-4-11-23(28)12-5-21/h4-17H,2-3,18-19H2,1H3/b17-8+. The van der Waals surface area contributed by atoms with Gasteiger partial charge in [0, 0.05) is 11.1 Å². The van der Waals surface area contributed by atoms with Crippen molar-refractivity contribution in [1.82, 2.24) is 0 Å². The van der Waals surface area contributed by atoms with Crippen molar-refractivity contribution in [2.45, 2.75) is 26.4 Å². The first kappa shape index (κ1) is 24.1. The third-order valence-electron chi connectivity index (χ3n) is 4.65. The van der Waals surface area contributed by atoms with Gasteiger partial charge in [-0.05, 0) is 72.2 Å². The molecule has 0 radical (unpaired) electrons. The van der Waals surface area contributed by atoms with Crippen molar-refractivity contribution in [3.8, 4) is 11.5 Å². The van der Waals surface area contributed by atoms with Crippen molar-refractivity contribution in [2.24, 2.45) is 0 Å². The maximum absolute atomic E-state index is 12.2. The van der Waals surface area contributed by atoms with Crippen LogP contribution in [0.1, 0.15) is 41.3 Å². The predicted molar refractivity (Wildman–Crippen MR) is 129 cm³/mol. The number of ether oxygens (including phenoxy) is 3. The first-order valence-corrected chi connectivity index (χ1v) is 11.1. The van der Waals surface area contributed by atoms with E-state index in [1.54, 1.807) is 54.6 Å². The van der Waals surface area contributed by atoms with E-state index in [-0.39, 0.29) is 6.61 Å². The van der Waals surface area contributed by atoms with Gasteiger partial charge in [0.25, 0.3) is 0 Å². The fourth-order valence-corrected chi connectivity index (χ4v) is 2.92. The molecule has 5 nitrogen and oxygen atoms in total. The molecular formula is C27H25ClO5. The molecule has 3 aromatic carbocycles. The van der Waals surface area contributed by atoms with Gasteiger partial charge in [-0.3, -0.25) is 0 Å². The maximum atomic E-state index is 12.2. The molecule has 0 saturated carbocycles. The molecule has 0 aliphatic rings. The highest BCUT2D eigenvalue weighted by Gasteiger charge is 2.09. The number of benzene rings is 3. The number of esters is 2. The van der Waals surface area contributed by atoms with E-state index >= 15 is 0 Å². The second-order valence-corrected chi connectivity index (χ2v) is 7.69. The average Bonchev–Trinajstić information content (AvgIpc) is 2.83. The van der Waals surface area contributed by atoms with Crippen molar-refractivity contribution in [1.29, 1.82) is 0 Å². The van der Waals surface area contributed by atoms with Gasteiger partial charge in [-0.2, -0.15) is 0 Å². The molecule has 6 heteroatoms. The zero-order valence-corrected chi connectivity index (χ0v) is 19.1. The van der Waals surface area contributed by atoms with Gasteiger partial charge in [-0.25, -0.2) is 9.59 Å². The van der Waals surface area contributed by atoms with Crippen LogP contribution in [-0.4, -0.2) is 18.5 Å². The van der Waals surface area contributed by atoms with E-state index in [9.17, 15) is 9.59 Å². The lowest BCUT2D eigenvalue weighted by Gasteiger charge is -2.06. The van der Waals surface area contributed by atoms with Crippen LogP contribution in [0, 0.1) is 0 Å². The van der Waals surface area contributed by atoms with Crippen LogP contribution in [0.3, 0.4) is 0 Å². The highest BCUT2D eigenvalue weighted by molar-refractivity contribution is 6.30. The largest absolute Gasteiger partial charge is 0.494 e. The topological polar surface area (TPSA) is 61.8 Å². The van der Waals surface area contributed by atoms with Crippen molar-refractivity contribution < 1.29 is 23.8 Å². The van der Waals surface area contributed by atoms with Gasteiger partial charge in [0.05, 0.1) is 12.2 Å². The summed E-state index contributed by atoms with van der Waals surface area (Å²) >= 11 is 5.84. The van der Waals surface area contributed by atoms with Crippen molar-refractivity contribution in [3.63, 3.8) is 0 Å². The lowest BCUT2D eigenvalue weighted by atomic mass is 10.2. The number of carbonyl (C=O) groups excluding carboxylic acids is 2. The van der Waals surface area contributed by atoms with Crippen LogP contribution >= 0.6 is 11.6 Å². The summed E-state index contributed by atoms with van der Waals surface area (Å²) in [6.45, 7) is 2.95. The van der Waals surface area contributed by atoms with Gasteiger partial charge in [0.2, 0.25) is 0 Å². The van der Waals surface area contributed by atoms with E-state index in [1.165, 1.54) is 6.08 Å². The van der Waals surface area contributed by atoms with Crippen LogP contribution in [0.2, 0.25) is 5.02 Å². The molecule has 0 fully saturated rings. The molecule has 0 saturated heterocycles. The third-order valence-corrected chi connectivity index (χ3v) is 4.90. The number of carbonyl (C=O) groups is 2. The Kier molecular flexibility index (Phi) is 9.09. The highest BCUT2D eigenvalue weighted by atomic mass is 35.5. The molecule has 0 aromatic heterocycles. The molecule has 0 aliphatic carbocycles. The van der Waals surface area contributed by atoms with Gasteiger partial charge in [0.1, 0.15) is 18.1 Å². The Hall–Kier alpha value is -3.57. The normalized spacial score (nSPS) is 10.7. The van der Waals surface area contributed by atoms with Crippen molar-refractivity contribution >= 4 is 29.6 Å². The van der Waals surface area contributed by atoms with E-state index in [0.29, 0.717) is 22.9 Å². The summed E-state index contributed by atoms with van der Waals surface area (Å²) < 4.78 is 16.2. The Bertz CT molecular complexity index is 1070. The predicted octanol–water partition coefficient (Wildman–Crippen LogP) is 6.49. The second kappa shape index (κ2) is 12.5. The molecule has 0 aliphatic heterocycles. The molecular weight excluding hydrogens is 440 g/mol. The zero-order valence-electron chi connectivity index (χ0n) is 18.3. The summed E-state index contributed by atoms with van der Waals surface area (Å²) in [5, 5.41) is 0.621. The Labute approximate surface area is 198 Å². The lowest BCUT2D eigenvalue weighted by Crippen LogP contribution is -2.06. The minimum absolute atomic E-state index is 0.142. The van der Waals surface area contributed by atoms with Crippen LogP contribution in [0.4, 0.5) is 0 Å². The minimum Gasteiger partial charge on any atom is -0.494 e. The van der Waals surface area contributed by atoms with Crippen LogP contribution in [0.15, 0.2) is 78.9 Å². The van der Waals surface area contributed by atoms with Crippen LogP contribution in [0.5, 0.6) is 11.5 Å². The summed E-state index contributed by atoms with van der Waals surface area (Å²) in [5.41, 5.74) is 2.05. The average molecular weight is 465 g/mol. The van der Waals surface area contributed by atoms with Crippen molar-refractivity contribution in [2.75, 3.05) is 6.61 Å². The molecule has 33 heavy (non-hydrogen) atoms. The highest BCUT2D eigenvalue weighted by Crippen LogP contribution is 2.16. The van der Waals surface area contributed by atoms with E-state index in [4.69, 9.17) is 25.8 Å². The fraction of sp³-hybridized carbons (Fsp3) is 0.185. The zero-order chi connectivity index (χ0) is 23.5. The molecule has 0 bridgehead atoms. The summed E-state index contributed by atoms with van der Waals surface area (Å²) in [7, 11) is 0. The molecule has 0 amide bonds. The number of unbranched alkanes of at least 4 members (excludes halogenated alkanes) is 1. The molecule has 0 spiro atoms. The van der Waals surface area contributed by atoms with Gasteiger partial charge < -0.3 is 14.2 Å². The van der Waals surface area contributed by atoms with Gasteiger partial charge in [-0.1, -0.05) is 49.2 Å². The Morgan fingerprint density at radius 3 is 2.21 bits per heavy atom. The smallest absolute Gasteiger partial charge is 0.338 e. The molecule has 0 unspecified atom stereocenters. The summed E-state index contributed by atoms with van der Waals surface area (Å²) in [6.07, 6.45) is 5.11. The Morgan fingerprint density at radius 2 is 1.55 bits per heavy atom.